The normalized spacial score (nSPS) is 37.3. The van der Waals surface area contributed by atoms with Crippen LogP contribution in [-0.4, -0.2) is 36.2 Å². The van der Waals surface area contributed by atoms with Gasteiger partial charge >= 0.3 is 14.0 Å². The van der Waals surface area contributed by atoms with Crippen LogP contribution in [0.3, 0.4) is 0 Å². The molecule has 0 aromatic carbocycles. The van der Waals surface area contributed by atoms with E-state index in [4.69, 9.17) is 18.6 Å². The molecule has 2 unspecified atom stereocenters. The summed E-state index contributed by atoms with van der Waals surface area (Å²) in [5.74, 6) is 0. The van der Waals surface area contributed by atoms with E-state index in [1.807, 2.05) is 48.5 Å². The van der Waals surface area contributed by atoms with Gasteiger partial charge in [-0.05, 0) is 48.5 Å². The molecule has 0 aliphatic carbocycles. The first-order chi connectivity index (χ1) is 7.88. The molecule has 2 fully saturated rings. The molecule has 2 rings (SSSR count). The van der Waals surface area contributed by atoms with Crippen molar-refractivity contribution in [3.8, 4) is 0 Å². The van der Waals surface area contributed by atoms with E-state index in [0.717, 1.165) is 0 Å². The van der Waals surface area contributed by atoms with Crippen molar-refractivity contribution in [3.05, 3.63) is 0 Å². The summed E-state index contributed by atoms with van der Waals surface area (Å²) in [4.78, 5) is 0. The van der Waals surface area contributed by atoms with Crippen molar-refractivity contribution in [1.82, 2.24) is 0 Å². The van der Waals surface area contributed by atoms with Gasteiger partial charge in [-0.15, -0.1) is 9.24 Å². The SMILES string of the molecule is CC1(C)OB(B2OC(C)(C)C(C)(P)O2)OC1(C)C. The lowest BCUT2D eigenvalue weighted by molar-refractivity contribution is 0.00578. The lowest BCUT2D eigenvalue weighted by Crippen LogP contribution is -2.41. The van der Waals surface area contributed by atoms with Crippen LogP contribution in [0.1, 0.15) is 48.5 Å². The van der Waals surface area contributed by atoms with Gasteiger partial charge in [0.2, 0.25) is 0 Å². The summed E-state index contributed by atoms with van der Waals surface area (Å²) in [6.07, 6.45) is 0. The van der Waals surface area contributed by atoms with Crippen LogP contribution in [0.4, 0.5) is 0 Å². The number of hydrogen-bond acceptors (Lipinski definition) is 4. The molecule has 2 aliphatic rings. The Labute approximate surface area is 113 Å². The van der Waals surface area contributed by atoms with Crippen molar-refractivity contribution < 1.29 is 18.6 Å². The van der Waals surface area contributed by atoms with Gasteiger partial charge in [-0.1, -0.05) is 0 Å². The highest BCUT2D eigenvalue weighted by Gasteiger charge is 2.63. The van der Waals surface area contributed by atoms with E-state index in [9.17, 15) is 0 Å². The third kappa shape index (κ3) is 2.16. The summed E-state index contributed by atoms with van der Waals surface area (Å²) < 4.78 is 23.8. The molecule has 0 aromatic heterocycles. The Morgan fingerprint density at radius 3 is 1.28 bits per heavy atom. The molecule has 2 aliphatic heterocycles. The summed E-state index contributed by atoms with van der Waals surface area (Å²) in [5.41, 5.74) is -1.13. The minimum atomic E-state index is -0.497. The van der Waals surface area contributed by atoms with Gasteiger partial charge in [0.1, 0.15) is 0 Å². The van der Waals surface area contributed by atoms with Crippen molar-refractivity contribution in [3.63, 3.8) is 0 Å². The smallest absolute Gasteiger partial charge is 0.405 e. The Bertz CT molecular complexity index is 291. The Balaban J connectivity index is 2.14. The van der Waals surface area contributed by atoms with Crippen LogP contribution in [-0.2, 0) is 18.6 Å². The molecule has 4 nitrogen and oxygen atoms in total. The predicted octanol–water partition coefficient (Wildman–Crippen LogP) is 2.06. The van der Waals surface area contributed by atoms with Crippen LogP contribution in [0.25, 0.3) is 0 Å². The van der Waals surface area contributed by atoms with Gasteiger partial charge in [0.15, 0.2) is 0 Å². The maximum atomic E-state index is 5.95. The molecule has 2 saturated heterocycles. The quantitative estimate of drug-likeness (QED) is 0.540. The van der Waals surface area contributed by atoms with Gasteiger partial charge < -0.3 is 18.6 Å². The Kier molecular flexibility index (Phi) is 3.25. The molecule has 2 atom stereocenters. The summed E-state index contributed by atoms with van der Waals surface area (Å²) in [6.45, 7) is 14.1. The van der Waals surface area contributed by atoms with Crippen molar-refractivity contribution in [2.24, 2.45) is 0 Å². The van der Waals surface area contributed by atoms with Gasteiger partial charge in [0, 0.05) is 0 Å². The first-order valence-corrected chi connectivity index (χ1v) is 6.96. The molecule has 0 spiro atoms. The Morgan fingerprint density at radius 2 is 0.944 bits per heavy atom. The van der Waals surface area contributed by atoms with Crippen molar-refractivity contribution in [2.75, 3.05) is 0 Å². The fourth-order valence-corrected chi connectivity index (χ4v) is 2.13. The number of rotatable bonds is 1. The summed E-state index contributed by atoms with van der Waals surface area (Å²) in [5, 5.41) is -0.443. The fraction of sp³-hybridized carbons (Fsp3) is 1.00. The minimum absolute atomic E-state index is 0.367. The molecule has 7 heteroatoms. The molecule has 102 valence electrons. The maximum absolute atomic E-state index is 5.95. The first kappa shape index (κ1) is 14.8. The lowest BCUT2D eigenvalue weighted by Gasteiger charge is -2.32. The van der Waals surface area contributed by atoms with E-state index >= 15 is 0 Å². The molecular weight excluding hydrogens is 249 g/mol. The van der Waals surface area contributed by atoms with Crippen LogP contribution >= 0.6 is 9.24 Å². The van der Waals surface area contributed by atoms with Gasteiger partial charge in [-0.3, -0.25) is 0 Å². The van der Waals surface area contributed by atoms with Crippen LogP contribution in [0, 0.1) is 0 Å². The molecular formula is C11H23B2O4P. The lowest BCUT2D eigenvalue weighted by atomic mass is 9.49. The molecule has 0 saturated carbocycles. The molecule has 0 radical (unpaired) electrons. The average Bonchev–Trinajstić information content (AvgIpc) is 2.45. The van der Waals surface area contributed by atoms with Crippen LogP contribution in [0.15, 0.2) is 0 Å². The highest BCUT2D eigenvalue weighted by Crippen LogP contribution is 2.45. The fourth-order valence-electron chi connectivity index (χ4n) is 1.93. The highest BCUT2D eigenvalue weighted by atomic mass is 31.0. The standard InChI is InChI=1S/C11H23B2O4P/c1-8(2)9(3,4)15-12(14-8)13-16-10(5,6)11(7,18)17-13/h18H2,1-7H3. The van der Waals surface area contributed by atoms with Crippen molar-refractivity contribution in [1.29, 1.82) is 0 Å². The summed E-state index contributed by atoms with van der Waals surface area (Å²) in [6, 6.07) is 0. The third-order valence-corrected chi connectivity index (χ3v) is 5.29. The second-order valence-electron chi connectivity index (χ2n) is 6.85. The zero-order valence-electron chi connectivity index (χ0n) is 12.4. The topological polar surface area (TPSA) is 36.9 Å². The average molecular weight is 272 g/mol. The second kappa shape index (κ2) is 3.95. The number of hydrogen-bond donors (Lipinski definition) is 0. The predicted molar refractivity (Wildman–Crippen MR) is 76.2 cm³/mol. The monoisotopic (exact) mass is 272 g/mol. The van der Waals surface area contributed by atoms with Gasteiger partial charge in [0.25, 0.3) is 0 Å². The molecule has 18 heavy (non-hydrogen) atoms. The van der Waals surface area contributed by atoms with Gasteiger partial charge in [-0.25, -0.2) is 0 Å². The van der Waals surface area contributed by atoms with Crippen molar-refractivity contribution in [2.45, 2.75) is 70.6 Å². The Hall–Kier alpha value is 0.400. The van der Waals surface area contributed by atoms with E-state index in [0.29, 0.717) is 0 Å². The third-order valence-electron chi connectivity index (χ3n) is 4.46. The zero-order valence-corrected chi connectivity index (χ0v) is 13.5. The van der Waals surface area contributed by atoms with Gasteiger partial charge in [0.05, 0.1) is 22.1 Å². The highest BCUT2D eigenvalue weighted by molar-refractivity contribution is 7.20. The maximum Gasteiger partial charge on any atom is 0.489 e. The van der Waals surface area contributed by atoms with Gasteiger partial charge in [-0.2, -0.15) is 0 Å². The Morgan fingerprint density at radius 1 is 0.611 bits per heavy atom. The van der Waals surface area contributed by atoms with Crippen molar-refractivity contribution >= 4 is 23.3 Å². The molecule has 0 amide bonds. The van der Waals surface area contributed by atoms with E-state index in [1.54, 1.807) is 0 Å². The molecule has 0 N–H and O–H groups in total. The second-order valence-corrected chi connectivity index (χ2v) is 7.95. The van der Waals surface area contributed by atoms with E-state index in [2.05, 4.69) is 9.24 Å². The van der Waals surface area contributed by atoms with E-state index in [-0.39, 0.29) is 11.2 Å². The van der Waals surface area contributed by atoms with Crippen LogP contribution < -0.4 is 0 Å². The molecule has 0 aromatic rings. The zero-order chi connectivity index (χ0) is 14.0. The summed E-state index contributed by atoms with van der Waals surface area (Å²) >= 11 is 0. The minimum Gasteiger partial charge on any atom is -0.405 e. The summed E-state index contributed by atoms with van der Waals surface area (Å²) in [7, 11) is 1.72. The first-order valence-electron chi connectivity index (χ1n) is 6.38. The van der Waals surface area contributed by atoms with Crippen LogP contribution in [0.5, 0.6) is 0 Å². The molecule has 2 heterocycles. The molecule has 0 bridgehead atoms. The van der Waals surface area contributed by atoms with E-state index < -0.39 is 25.0 Å². The van der Waals surface area contributed by atoms with E-state index in [1.165, 1.54) is 0 Å². The largest absolute Gasteiger partial charge is 0.489 e. The van der Waals surface area contributed by atoms with Crippen LogP contribution in [0.2, 0.25) is 0 Å².